The van der Waals surface area contributed by atoms with Crippen LogP contribution in [-0.4, -0.2) is 72.9 Å². The molecule has 5 aliphatic rings. The number of methoxy groups -OCH3 is 1. The summed E-state index contributed by atoms with van der Waals surface area (Å²) in [6.07, 6.45) is 11.6. The Morgan fingerprint density at radius 1 is 0.712 bits per heavy atom. The molecule has 9 atom stereocenters. The van der Waals surface area contributed by atoms with Crippen molar-refractivity contribution in [1.82, 2.24) is 35.1 Å². The molecule has 5 fully saturated rings. The number of ether oxygens (including phenoxy) is 1. The van der Waals surface area contributed by atoms with Gasteiger partial charge < -0.3 is 34.7 Å². The van der Waals surface area contributed by atoms with Crippen LogP contribution in [0.5, 0.6) is 0 Å². The van der Waals surface area contributed by atoms with E-state index in [0.717, 1.165) is 85.1 Å². The van der Waals surface area contributed by atoms with E-state index in [4.69, 9.17) is 14.7 Å². The number of nitrogens with zero attached hydrogens (tertiary/aromatic N) is 5. The highest BCUT2D eigenvalue weighted by atomic mass is 16.5. The lowest BCUT2D eigenvalue weighted by Gasteiger charge is -2.34. The Balaban J connectivity index is 0.966. The lowest BCUT2D eigenvalue weighted by atomic mass is 9.87. The number of anilines is 1. The van der Waals surface area contributed by atoms with Crippen LogP contribution in [0.15, 0.2) is 60.7 Å². The van der Waals surface area contributed by atoms with E-state index in [1.54, 1.807) is 0 Å². The zero-order valence-corrected chi connectivity index (χ0v) is 40.1. The number of H-pyrrole nitrogens is 2. The van der Waals surface area contributed by atoms with Crippen LogP contribution >= 0.6 is 0 Å². The van der Waals surface area contributed by atoms with Crippen LogP contribution in [0.1, 0.15) is 165 Å². The number of benzene rings is 3. The van der Waals surface area contributed by atoms with Crippen LogP contribution in [0.25, 0.3) is 22.1 Å². The van der Waals surface area contributed by atoms with Gasteiger partial charge in [0.15, 0.2) is 0 Å². The number of hydrogen-bond acceptors (Lipinski definition) is 7. The van der Waals surface area contributed by atoms with Gasteiger partial charge >= 0.3 is 6.09 Å². The van der Waals surface area contributed by atoms with Crippen LogP contribution in [0, 0.1) is 30.1 Å². The van der Waals surface area contributed by atoms with Crippen LogP contribution in [0.2, 0.25) is 0 Å². The molecule has 0 spiro atoms. The number of aromatic nitrogens is 4. The maximum Gasteiger partial charge on any atom is 0.407 e. The lowest BCUT2D eigenvalue weighted by molar-refractivity contribution is -0.138. The van der Waals surface area contributed by atoms with Crippen LogP contribution in [0.3, 0.4) is 0 Å². The molecule has 5 aromatic rings. The van der Waals surface area contributed by atoms with Crippen molar-refractivity contribution in [2.75, 3.05) is 12.0 Å². The second kappa shape index (κ2) is 17.4. The number of carbonyl (C=O) groups is 3. The van der Waals surface area contributed by atoms with Crippen molar-refractivity contribution < 1.29 is 19.1 Å². The Hall–Kier alpha value is -5.39. The molecule has 3 amide bonds. The van der Waals surface area contributed by atoms with Crippen molar-refractivity contribution in [3.63, 3.8) is 0 Å². The molecular weight excluding hydrogens is 825 g/mol. The second-order valence-electron chi connectivity index (χ2n) is 21.9. The fourth-order valence-corrected chi connectivity index (χ4v) is 12.7. The van der Waals surface area contributed by atoms with E-state index < -0.39 is 12.1 Å². The van der Waals surface area contributed by atoms with E-state index in [2.05, 4.69) is 120 Å². The van der Waals surface area contributed by atoms with Gasteiger partial charge in [-0.2, -0.15) is 0 Å². The molecule has 12 nitrogen and oxygen atoms in total. The first-order chi connectivity index (χ1) is 31.7. The molecule has 3 aliphatic heterocycles. The van der Waals surface area contributed by atoms with Crippen LogP contribution in [-0.2, 0) is 19.7 Å². The minimum absolute atomic E-state index is 0.0322. The van der Waals surface area contributed by atoms with E-state index >= 15 is 0 Å². The summed E-state index contributed by atoms with van der Waals surface area (Å²) in [7, 11) is 1.33. The number of hydrogen-bond donors (Lipinski definition) is 3. The highest BCUT2D eigenvalue weighted by Crippen LogP contribution is 2.51. The number of fused-ring (bicyclic) bond motifs is 4. The smallest absolute Gasteiger partial charge is 0.407 e. The monoisotopic (exact) mass is 894 g/mol. The van der Waals surface area contributed by atoms with Gasteiger partial charge in [0.05, 0.1) is 59.8 Å². The Labute approximate surface area is 390 Å². The van der Waals surface area contributed by atoms with Gasteiger partial charge in [-0.1, -0.05) is 85.6 Å². The summed E-state index contributed by atoms with van der Waals surface area (Å²) in [6, 6.07) is 22.2. The molecule has 10 rings (SSSR count). The molecule has 1 radical (unpaired) electrons. The largest absolute Gasteiger partial charge is 0.453 e. The zero-order chi connectivity index (χ0) is 46.2. The summed E-state index contributed by atoms with van der Waals surface area (Å²) in [5, 5.41) is 2.83. The van der Waals surface area contributed by atoms with Gasteiger partial charge in [0.2, 0.25) is 11.8 Å². The topological polar surface area (TPSA) is 140 Å². The predicted octanol–water partition coefficient (Wildman–Crippen LogP) is 10.9. The number of amides is 3. The highest BCUT2D eigenvalue weighted by Gasteiger charge is 2.50. The normalized spacial score (nSPS) is 26.8. The molecule has 66 heavy (non-hydrogen) atoms. The second-order valence-corrected chi connectivity index (χ2v) is 21.9. The average Bonchev–Trinajstić information content (AvgIpc) is 4.14. The number of nitrogens with one attached hydrogen (secondary N) is 3. The highest BCUT2D eigenvalue weighted by molar-refractivity contribution is 5.88. The molecule has 5 heterocycles. The van der Waals surface area contributed by atoms with Crippen molar-refractivity contribution in [1.29, 1.82) is 0 Å². The van der Waals surface area contributed by atoms with Gasteiger partial charge in [0.1, 0.15) is 17.7 Å². The van der Waals surface area contributed by atoms with Crippen molar-refractivity contribution in [2.24, 2.45) is 23.7 Å². The first-order valence-electron chi connectivity index (χ1n) is 24.9. The zero-order valence-electron chi connectivity index (χ0n) is 40.1. The molecular formula is C54H69N8O4. The molecule has 2 saturated carbocycles. The Morgan fingerprint density at radius 3 is 1.74 bits per heavy atom. The predicted molar refractivity (Wildman–Crippen MR) is 258 cm³/mol. The van der Waals surface area contributed by atoms with Crippen molar-refractivity contribution in [2.45, 2.75) is 160 Å². The summed E-state index contributed by atoms with van der Waals surface area (Å²) in [6.45, 7) is 14.9. The average molecular weight is 894 g/mol. The Kier molecular flexibility index (Phi) is 11.7. The molecule has 3 N–H and O–H groups in total. The third-order valence-corrected chi connectivity index (χ3v) is 15.9. The van der Waals surface area contributed by atoms with Gasteiger partial charge in [-0.3, -0.25) is 9.59 Å². The maximum absolute atomic E-state index is 14.4. The number of rotatable bonds is 10. The molecule has 2 unspecified atom stereocenters. The van der Waals surface area contributed by atoms with E-state index in [0.29, 0.717) is 17.9 Å². The maximum atomic E-state index is 14.4. The Morgan fingerprint density at radius 2 is 1.24 bits per heavy atom. The van der Waals surface area contributed by atoms with Crippen LogP contribution in [0.4, 0.5) is 10.5 Å². The molecule has 12 heteroatoms. The molecule has 349 valence electrons. The summed E-state index contributed by atoms with van der Waals surface area (Å²) in [4.78, 5) is 65.2. The minimum Gasteiger partial charge on any atom is -0.453 e. The number of likely N-dealkylation sites (tertiary alicyclic amines) is 2. The van der Waals surface area contributed by atoms with Gasteiger partial charge in [0, 0.05) is 17.8 Å². The van der Waals surface area contributed by atoms with Gasteiger partial charge in [-0.05, 0) is 134 Å². The minimum atomic E-state index is -0.689. The van der Waals surface area contributed by atoms with Crippen LogP contribution < -0.4 is 10.2 Å². The lowest BCUT2D eigenvalue weighted by Crippen LogP contribution is -2.53. The molecule has 3 aromatic carbocycles. The summed E-state index contributed by atoms with van der Waals surface area (Å²) in [5.74, 6) is 2.81. The van der Waals surface area contributed by atoms with E-state index in [9.17, 15) is 14.4 Å². The summed E-state index contributed by atoms with van der Waals surface area (Å²) in [5.41, 5.74) is 8.75. The first kappa shape index (κ1) is 44.4. The number of imidazole rings is 2. The number of alkyl carbamates (subject to hydrolysis) is 1. The number of carbonyl (C=O) groups excluding carboxylic acids is 3. The van der Waals surface area contributed by atoms with E-state index in [-0.39, 0.29) is 59.3 Å². The molecule has 3 saturated heterocycles. The number of aromatic amines is 2. The standard InChI is InChI=1S/C54H69N8O4/c1-30(2)25-48(63)61-42-13-9-11-32(42)28-46(61)50-55-38-21-15-34(26-40(38)57-50)44-23-24-45(60(44)37-19-17-36(18-20-37)54(5,6)7)35-16-22-39-41(27-35)58-51(56-39)47-29-33-12-10-14-43(33)62(47)52(64)49(31(3)4)59-53(65)66-8/h15-22,25-27,30-33,42-47,49H,9-14,23-24,28-29H2,1-8H3,(H,55,57)(H,56,58)(H,59,65)/t32-,33-,42-,43-,44+,45?,46-,47?,49-/m0/s1. The molecule has 2 aliphatic carbocycles. The van der Waals surface area contributed by atoms with E-state index in [1.165, 1.54) is 42.3 Å². The summed E-state index contributed by atoms with van der Waals surface area (Å²) < 4.78 is 4.93. The van der Waals surface area contributed by atoms with Crippen molar-refractivity contribution in [3.05, 3.63) is 95.4 Å². The van der Waals surface area contributed by atoms with Crippen molar-refractivity contribution in [3.8, 4) is 0 Å². The van der Waals surface area contributed by atoms with Crippen molar-refractivity contribution >= 4 is 45.7 Å². The summed E-state index contributed by atoms with van der Waals surface area (Å²) >= 11 is 0. The van der Waals surface area contributed by atoms with Gasteiger partial charge in [0.25, 0.3) is 0 Å². The fourth-order valence-electron chi connectivity index (χ4n) is 12.7. The molecule has 2 aromatic heterocycles. The first-order valence-corrected chi connectivity index (χ1v) is 24.9. The third-order valence-electron chi connectivity index (χ3n) is 15.9. The quantitative estimate of drug-likeness (QED) is 0.127. The fraction of sp³-hybridized carbons (Fsp3) is 0.556. The van der Waals surface area contributed by atoms with Gasteiger partial charge in [-0.25, -0.2) is 14.8 Å². The van der Waals surface area contributed by atoms with Gasteiger partial charge in [-0.15, -0.1) is 0 Å². The van der Waals surface area contributed by atoms with E-state index in [1.807, 2.05) is 25.2 Å². The Bertz CT molecular complexity index is 2610. The molecule has 0 bridgehead atoms. The SMILES string of the molecule is COC(=O)N[C@H](C(=O)N1C(c2nc3cc(C4CC[C@H](c5ccc6[nH]c([C@@H]7C[C@@H]8CCC[C@@H]8N7C(=O)[CH]C(C)C)nc6c5)N4c4ccc(C(C)(C)C)cc4)ccc3[nH]2)C[C@@H]2CCC[C@@H]21)C(C)C. The third kappa shape index (κ3) is 8.03.